The average Bonchev–Trinajstić information content (AvgIpc) is 2.63. The number of benzene rings is 2. The van der Waals surface area contributed by atoms with Gasteiger partial charge in [-0.1, -0.05) is 60.7 Å². The lowest BCUT2D eigenvalue weighted by Gasteiger charge is -2.34. The van der Waals surface area contributed by atoms with Gasteiger partial charge in [0.05, 0.1) is 0 Å². The summed E-state index contributed by atoms with van der Waals surface area (Å²) in [4.78, 5) is 13.4. The van der Waals surface area contributed by atoms with Crippen LogP contribution < -0.4 is 5.32 Å². The molecule has 1 amide bonds. The molecule has 1 atom stereocenters. The molecule has 0 aromatic heterocycles. The Morgan fingerprint density at radius 2 is 1.62 bits per heavy atom. The van der Waals surface area contributed by atoms with Crippen LogP contribution in [0.25, 0.3) is 0 Å². The number of likely N-dealkylation sites (tertiary alicyclic amines) is 1. The highest BCUT2D eigenvalue weighted by Gasteiger charge is 2.23. The Morgan fingerprint density at radius 1 is 1.04 bits per heavy atom. The standard InChI is InChI=1S/C21H26N2O/c1-17(24)23-14-12-20(13-15-23)22-21(19-10-6-3-7-11-19)16-18-8-4-2-5-9-18/h2-11,20-22H,12-16H2,1H3/t21-/m1/s1. The van der Waals surface area contributed by atoms with Crippen LogP contribution >= 0.6 is 0 Å². The molecule has 1 heterocycles. The Morgan fingerprint density at radius 3 is 2.21 bits per heavy atom. The summed E-state index contributed by atoms with van der Waals surface area (Å²) in [6.45, 7) is 3.38. The van der Waals surface area contributed by atoms with Gasteiger partial charge in [-0.2, -0.15) is 0 Å². The van der Waals surface area contributed by atoms with Crippen molar-refractivity contribution in [1.29, 1.82) is 0 Å². The van der Waals surface area contributed by atoms with E-state index in [9.17, 15) is 4.79 Å². The van der Waals surface area contributed by atoms with Gasteiger partial charge in [-0.05, 0) is 30.4 Å². The maximum atomic E-state index is 11.5. The lowest BCUT2D eigenvalue weighted by atomic mass is 9.96. The molecule has 3 rings (SSSR count). The van der Waals surface area contributed by atoms with Gasteiger partial charge in [0.2, 0.25) is 5.91 Å². The van der Waals surface area contributed by atoms with Gasteiger partial charge in [0.15, 0.2) is 0 Å². The zero-order chi connectivity index (χ0) is 16.8. The molecule has 1 saturated heterocycles. The number of carbonyl (C=O) groups is 1. The summed E-state index contributed by atoms with van der Waals surface area (Å²) in [5, 5.41) is 3.84. The van der Waals surface area contributed by atoms with E-state index in [-0.39, 0.29) is 5.91 Å². The summed E-state index contributed by atoms with van der Waals surface area (Å²) in [7, 11) is 0. The molecule has 2 aromatic carbocycles. The molecule has 0 saturated carbocycles. The van der Waals surface area contributed by atoms with Crippen LogP contribution in [0.4, 0.5) is 0 Å². The van der Waals surface area contributed by atoms with Crippen molar-refractivity contribution in [3.8, 4) is 0 Å². The number of carbonyl (C=O) groups excluding carboxylic acids is 1. The minimum Gasteiger partial charge on any atom is -0.343 e. The van der Waals surface area contributed by atoms with E-state index >= 15 is 0 Å². The molecule has 0 unspecified atom stereocenters. The molecule has 3 heteroatoms. The Balaban J connectivity index is 1.68. The van der Waals surface area contributed by atoms with Crippen molar-refractivity contribution in [1.82, 2.24) is 10.2 Å². The lowest BCUT2D eigenvalue weighted by Crippen LogP contribution is -2.45. The van der Waals surface area contributed by atoms with Gasteiger partial charge in [0, 0.05) is 32.1 Å². The summed E-state index contributed by atoms with van der Waals surface area (Å²) in [6, 6.07) is 22.1. The number of nitrogens with one attached hydrogen (secondary N) is 1. The van der Waals surface area contributed by atoms with Crippen LogP contribution in [-0.4, -0.2) is 29.9 Å². The molecule has 0 radical (unpaired) electrons. The first kappa shape index (κ1) is 16.7. The summed E-state index contributed by atoms with van der Waals surface area (Å²) >= 11 is 0. The van der Waals surface area contributed by atoms with Crippen LogP contribution in [-0.2, 0) is 11.2 Å². The smallest absolute Gasteiger partial charge is 0.219 e. The highest BCUT2D eigenvalue weighted by Crippen LogP contribution is 2.21. The molecule has 24 heavy (non-hydrogen) atoms. The number of hydrogen-bond acceptors (Lipinski definition) is 2. The first-order chi connectivity index (χ1) is 11.7. The summed E-state index contributed by atoms with van der Waals surface area (Å²) in [6.07, 6.45) is 3.03. The van der Waals surface area contributed by atoms with E-state index in [1.165, 1.54) is 11.1 Å². The third kappa shape index (κ3) is 4.45. The van der Waals surface area contributed by atoms with E-state index in [1.807, 2.05) is 4.90 Å². The van der Waals surface area contributed by atoms with Crippen LogP contribution in [0.15, 0.2) is 60.7 Å². The number of rotatable bonds is 5. The maximum absolute atomic E-state index is 11.5. The minimum absolute atomic E-state index is 0.192. The van der Waals surface area contributed by atoms with Crippen molar-refractivity contribution in [3.05, 3.63) is 71.8 Å². The molecule has 3 nitrogen and oxygen atoms in total. The zero-order valence-electron chi connectivity index (χ0n) is 14.3. The third-order valence-corrected chi connectivity index (χ3v) is 4.86. The van der Waals surface area contributed by atoms with Crippen LogP contribution in [0.1, 0.15) is 36.9 Å². The Labute approximate surface area is 144 Å². The van der Waals surface area contributed by atoms with Gasteiger partial charge in [-0.25, -0.2) is 0 Å². The van der Waals surface area contributed by atoms with Crippen molar-refractivity contribution in [2.75, 3.05) is 13.1 Å². The largest absolute Gasteiger partial charge is 0.343 e. The van der Waals surface area contributed by atoms with Gasteiger partial charge >= 0.3 is 0 Å². The van der Waals surface area contributed by atoms with Crippen LogP contribution in [0.3, 0.4) is 0 Å². The second-order valence-corrected chi connectivity index (χ2v) is 6.60. The monoisotopic (exact) mass is 322 g/mol. The van der Waals surface area contributed by atoms with E-state index in [0.717, 1.165) is 32.4 Å². The van der Waals surface area contributed by atoms with Gasteiger partial charge in [-0.3, -0.25) is 4.79 Å². The van der Waals surface area contributed by atoms with Crippen molar-refractivity contribution in [2.24, 2.45) is 0 Å². The summed E-state index contributed by atoms with van der Waals surface area (Å²) < 4.78 is 0. The van der Waals surface area contributed by atoms with E-state index in [2.05, 4.69) is 66.0 Å². The Bertz CT molecular complexity index is 633. The third-order valence-electron chi connectivity index (χ3n) is 4.86. The predicted octanol–water partition coefficient (Wildman–Crippen LogP) is 3.57. The van der Waals surface area contributed by atoms with Gasteiger partial charge in [-0.15, -0.1) is 0 Å². The fraction of sp³-hybridized carbons (Fsp3) is 0.381. The Kier molecular flexibility index (Phi) is 5.65. The molecular weight excluding hydrogens is 296 g/mol. The molecule has 0 bridgehead atoms. The van der Waals surface area contributed by atoms with Crippen molar-refractivity contribution in [3.63, 3.8) is 0 Å². The van der Waals surface area contributed by atoms with Crippen LogP contribution in [0.5, 0.6) is 0 Å². The molecule has 0 aliphatic carbocycles. The summed E-state index contributed by atoms with van der Waals surface area (Å²) in [5.74, 6) is 0.192. The highest BCUT2D eigenvalue weighted by molar-refractivity contribution is 5.73. The number of piperidine rings is 1. The molecule has 1 fully saturated rings. The number of amides is 1. The van der Waals surface area contributed by atoms with Gasteiger partial charge in [0.25, 0.3) is 0 Å². The molecule has 1 N–H and O–H groups in total. The van der Waals surface area contributed by atoms with Crippen LogP contribution in [0, 0.1) is 0 Å². The maximum Gasteiger partial charge on any atom is 0.219 e. The molecule has 0 spiro atoms. The molecule has 1 aliphatic rings. The van der Waals surface area contributed by atoms with E-state index in [0.29, 0.717) is 12.1 Å². The SMILES string of the molecule is CC(=O)N1CCC(N[C@H](Cc2ccccc2)c2ccccc2)CC1. The first-order valence-corrected chi connectivity index (χ1v) is 8.83. The molecule has 126 valence electrons. The fourth-order valence-corrected chi connectivity index (χ4v) is 3.45. The number of nitrogens with zero attached hydrogens (tertiary/aromatic N) is 1. The fourth-order valence-electron chi connectivity index (χ4n) is 3.45. The van der Waals surface area contributed by atoms with Crippen LogP contribution in [0.2, 0.25) is 0 Å². The lowest BCUT2D eigenvalue weighted by molar-refractivity contribution is -0.129. The average molecular weight is 322 g/mol. The van der Waals surface area contributed by atoms with E-state index in [1.54, 1.807) is 6.92 Å². The minimum atomic E-state index is 0.192. The topological polar surface area (TPSA) is 32.3 Å². The van der Waals surface area contributed by atoms with E-state index in [4.69, 9.17) is 0 Å². The second kappa shape index (κ2) is 8.11. The normalized spacial score (nSPS) is 16.8. The first-order valence-electron chi connectivity index (χ1n) is 8.83. The van der Waals surface area contributed by atoms with Gasteiger partial charge in [0.1, 0.15) is 0 Å². The predicted molar refractivity (Wildman–Crippen MR) is 97.7 cm³/mol. The van der Waals surface area contributed by atoms with Crippen molar-refractivity contribution in [2.45, 2.75) is 38.3 Å². The molecular formula is C21H26N2O. The molecule has 1 aliphatic heterocycles. The van der Waals surface area contributed by atoms with Crippen molar-refractivity contribution >= 4 is 5.91 Å². The zero-order valence-corrected chi connectivity index (χ0v) is 14.3. The quantitative estimate of drug-likeness (QED) is 0.913. The number of hydrogen-bond donors (Lipinski definition) is 1. The van der Waals surface area contributed by atoms with Gasteiger partial charge < -0.3 is 10.2 Å². The second-order valence-electron chi connectivity index (χ2n) is 6.60. The van der Waals surface area contributed by atoms with E-state index < -0.39 is 0 Å². The molecule has 2 aromatic rings. The highest BCUT2D eigenvalue weighted by atomic mass is 16.2. The van der Waals surface area contributed by atoms with Crippen molar-refractivity contribution < 1.29 is 4.79 Å². The summed E-state index contributed by atoms with van der Waals surface area (Å²) in [5.41, 5.74) is 2.68. The Hall–Kier alpha value is -2.13.